The predicted molar refractivity (Wildman–Crippen MR) is 107 cm³/mol. The van der Waals surface area contributed by atoms with E-state index in [0.717, 1.165) is 32.4 Å². The highest BCUT2D eigenvalue weighted by molar-refractivity contribution is 5.79. The van der Waals surface area contributed by atoms with Gasteiger partial charge in [0.1, 0.15) is 0 Å². The Morgan fingerprint density at radius 1 is 1.12 bits per heavy atom. The first-order chi connectivity index (χ1) is 12.6. The quantitative estimate of drug-likeness (QED) is 0.850. The van der Waals surface area contributed by atoms with Crippen molar-refractivity contribution in [2.24, 2.45) is 5.92 Å². The maximum atomic E-state index is 12.4. The Hall–Kier alpha value is -1.39. The van der Waals surface area contributed by atoms with Gasteiger partial charge in [0.05, 0.1) is 5.92 Å². The number of piperidine rings is 2. The molecule has 2 aliphatic heterocycles. The van der Waals surface area contributed by atoms with Gasteiger partial charge in [0.2, 0.25) is 5.91 Å². The van der Waals surface area contributed by atoms with Crippen molar-refractivity contribution in [3.05, 3.63) is 35.9 Å². The predicted octanol–water partition coefficient (Wildman–Crippen LogP) is 2.93. The highest BCUT2D eigenvalue weighted by Crippen LogP contribution is 2.24. The zero-order valence-electron chi connectivity index (χ0n) is 16.5. The molecule has 0 aromatic heterocycles. The number of benzene rings is 1. The molecular weight excluding hydrogens is 322 g/mol. The molecule has 144 valence electrons. The van der Waals surface area contributed by atoms with E-state index in [4.69, 9.17) is 0 Å². The van der Waals surface area contributed by atoms with Crippen LogP contribution in [0.1, 0.15) is 45.1 Å². The second-order valence-electron chi connectivity index (χ2n) is 8.31. The second kappa shape index (κ2) is 9.52. The summed E-state index contributed by atoms with van der Waals surface area (Å²) in [5.41, 5.74) is 1.43. The van der Waals surface area contributed by atoms with E-state index in [0.29, 0.717) is 6.04 Å². The molecule has 0 saturated carbocycles. The molecule has 1 N–H and O–H groups in total. The fraction of sp³-hybridized carbons (Fsp3) is 0.682. The maximum absolute atomic E-state index is 12.4. The molecule has 1 aromatic carbocycles. The van der Waals surface area contributed by atoms with Crippen LogP contribution >= 0.6 is 0 Å². The third-order valence-electron chi connectivity index (χ3n) is 5.89. The lowest BCUT2D eigenvalue weighted by Gasteiger charge is -2.42. The van der Waals surface area contributed by atoms with Gasteiger partial charge in [-0.15, -0.1) is 0 Å². The molecule has 2 aliphatic rings. The minimum Gasteiger partial charge on any atom is -0.354 e. The fourth-order valence-corrected chi connectivity index (χ4v) is 4.39. The molecule has 2 fully saturated rings. The van der Waals surface area contributed by atoms with Gasteiger partial charge in [-0.05, 0) is 71.1 Å². The topological polar surface area (TPSA) is 35.6 Å². The van der Waals surface area contributed by atoms with Crippen molar-refractivity contribution in [1.29, 1.82) is 0 Å². The first-order valence-electron chi connectivity index (χ1n) is 10.4. The molecule has 2 saturated heterocycles. The standard InChI is InChI=1S/C22H35N3O/c1-18(2)23-22(26)20-9-6-13-25(17-20)21-11-15-24(16-12-21)14-10-19-7-4-3-5-8-19/h3-5,7-8,18,20-21H,6,9-17H2,1-2H3,(H,23,26). The summed E-state index contributed by atoms with van der Waals surface area (Å²) in [6, 6.07) is 11.7. The van der Waals surface area contributed by atoms with Crippen LogP contribution in [0.25, 0.3) is 0 Å². The van der Waals surface area contributed by atoms with Crippen LogP contribution in [0.4, 0.5) is 0 Å². The number of carbonyl (C=O) groups is 1. The Kier molecular flexibility index (Phi) is 7.09. The van der Waals surface area contributed by atoms with Gasteiger partial charge in [0, 0.05) is 25.2 Å². The largest absolute Gasteiger partial charge is 0.354 e. The van der Waals surface area contributed by atoms with Crippen LogP contribution in [0, 0.1) is 5.92 Å². The van der Waals surface area contributed by atoms with Crippen molar-refractivity contribution in [2.75, 3.05) is 32.7 Å². The number of rotatable bonds is 6. The summed E-state index contributed by atoms with van der Waals surface area (Å²) < 4.78 is 0. The van der Waals surface area contributed by atoms with Gasteiger partial charge in [-0.1, -0.05) is 30.3 Å². The molecule has 2 heterocycles. The van der Waals surface area contributed by atoms with Crippen LogP contribution in [-0.2, 0) is 11.2 Å². The third kappa shape index (κ3) is 5.55. The molecule has 3 rings (SSSR count). The van der Waals surface area contributed by atoms with Crippen molar-refractivity contribution in [2.45, 2.75) is 58.0 Å². The van der Waals surface area contributed by atoms with E-state index in [2.05, 4.69) is 45.4 Å². The highest BCUT2D eigenvalue weighted by atomic mass is 16.2. The summed E-state index contributed by atoms with van der Waals surface area (Å²) in [5.74, 6) is 0.437. The van der Waals surface area contributed by atoms with Crippen molar-refractivity contribution < 1.29 is 4.79 Å². The Balaban J connectivity index is 1.42. The van der Waals surface area contributed by atoms with Crippen LogP contribution in [-0.4, -0.2) is 60.5 Å². The summed E-state index contributed by atoms with van der Waals surface area (Å²) in [4.78, 5) is 17.6. The Morgan fingerprint density at radius 2 is 1.85 bits per heavy atom. The summed E-state index contributed by atoms with van der Waals surface area (Å²) >= 11 is 0. The van der Waals surface area contributed by atoms with Crippen LogP contribution < -0.4 is 5.32 Å². The number of nitrogens with one attached hydrogen (secondary N) is 1. The smallest absolute Gasteiger partial charge is 0.224 e. The summed E-state index contributed by atoms with van der Waals surface area (Å²) in [6.07, 6.45) is 5.84. The van der Waals surface area contributed by atoms with E-state index in [9.17, 15) is 4.79 Å². The van der Waals surface area contributed by atoms with Gasteiger partial charge >= 0.3 is 0 Å². The normalized spacial score (nSPS) is 23.3. The Labute approximate surface area is 158 Å². The zero-order valence-corrected chi connectivity index (χ0v) is 16.5. The highest BCUT2D eigenvalue weighted by Gasteiger charge is 2.31. The summed E-state index contributed by atoms with van der Waals surface area (Å²) in [7, 11) is 0. The van der Waals surface area contributed by atoms with Crippen molar-refractivity contribution in [3.63, 3.8) is 0 Å². The van der Waals surface area contributed by atoms with Gasteiger partial charge in [-0.2, -0.15) is 0 Å². The minimum atomic E-state index is 0.183. The van der Waals surface area contributed by atoms with Crippen LogP contribution in [0.5, 0.6) is 0 Å². The van der Waals surface area contributed by atoms with Crippen molar-refractivity contribution in [1.82, 2.24) is 15.1 Å². The van der Waals surface area contributed by atoms with Gasteiger partial charge < -0.3 is 10.2 Å². The number of nitrogens with zero attached hydrogens (tertiary/aromatic N) is 2. The Morgan fingerprint density at radius 3 is 2.54 bits per heavy atom. The number of carbonyl (C=O) groups excluding carboxylic acids is 1. The average Bonchev–Trinajstić information content (AvgIpc) is 2.67. The minimum absolute atomic E-state index is 0.183. The summed E-state index contributed by atoms with van der Waals surface area (Å²) in [6.45, 7) is 9.75. The SMILES string of the molecule is CC(C)NC(=O)C1CCCN(C2CCN(CCc3ccccc3)CC2)C1. The lowest BCUT2D eigenvalue weighted by Crippen LogP contribution is -2.51. The first-order valence-corrected chi connectivity index (χ1v) is 10.4. The number of likely N-dealkylation sites (tertiary alicyclic amines) is 2. The lowest BCUT2D eigenvalue weighted by molar-refractivity contribution is -0.127. The van der Waals surface area contributed by atoms with Crippen molar-refractivity contribution in [3.8, 4) is 0 Å². The summed E-state index contributed by atoms with van der Waals surface area (Å²) in [5, 5.41) is 3.10. The van der Waals surface area contributed by atoms with E-state index in [1.54, 1.807) is 0 Å². The van der Waals surface area contributed by atoms with Crippen LogP contribution in [0.3, 0.4) is 0 Å². The van der Waals surface area contributed by atoms with E-state index < -0.39 is 0 Å². The van der Waals surface area contributed by atoms with E-state index in [-0.39, 0.29) is 17.9 Å². The number of amides is 1. The molecule has 4 nitrogen and oxygen atoms in total. The lowest BCUT2D eigenvalue weighted by atomic mass is 9.93. The molecule has 0 radical (unpaired) electrons. The number of hydrogen-bond acceptors (Lipinski definition) is 3. The average molecular weight is 358 g/mol. The van der Waals surface area contributed by atoms with Gasteiger partial charge in [-0.25, -0.2) is 0 Å². The van der Waals surface area contributed by atoms with E-state index in [1.165, 1.54) is 38.0 Å². The Bertz CT molecular complexity index is 552. The van der Waals surface area contributed by atoms with Gasteiger partial charge in [0.25, 0.3) is 0 Å². The van der Waals surface area contributed by atoms with Crippen molar-refractivity contribution >= 4 is 5.91 Å². The first kappa shape index (κ1) is 19.4. The zero-order chi connectivity index (χ0) is 18.4. The molecule has 1 atom stereocenters. The van der Waals surface area contributed by atoms with Gasteiger partial charge in [0.15, 0.2) is 0 Å². The molecule has 1 unspecified atom stereocenters. The van der Waals surface area contributed by atoms with E-state index in [1.807, 2.05) is 13.8 Å². The third-order valence-corrected chi connectivity index (χ3v) is 5.89. The maximum Gasteiger partial charge on any atom is 0.224 e. The molecular formula is C22H35N3O. The molecule has 26 heavy (non-hydrogen) atoms. The monoisotopic (exact) mass is 357 g/mol. The fourth-order valence-electron chi connectivity index (χ4n) is 4.39. The number of hydrogen-bond donors (Lipinski definition) is 1. The van der Waals surface area contributed by atoms with Gasteiger partial charge in [-0.3, -0.25) is 9.69 Å². The van der Waals surface area contributed by atoms with Crippen LogP contribution in [0.2, 0.25) is 0 Å². The molecule has 4 heteroatoms. The molecule has 1 aromatic rings. The van der Waals surface area contributed by atoms with E-state index >= 15 is 0 Å². The molecule has 0 aliphatic carbocycles. The molecule has 0 bridgehead atoms. The second-order valence-corrected chi connectivity index (χ2v) is 8.31. The molecule has 0 spiro atoms. The van der Waals surface area contributed by atoms with Crippen LogP contribution in [0.15, 0.2) is 30.3 Å². The molecule has 1 amide bonds.